The molecule has 0 fully saturated rings. The normalized spacial score (nSPS) is 13.4. The molecule has 136 valence electrons. The van der Waals surface area contributed by atoms with Crippen molar-refractivity contribution < 1.29 is 4.79 Å². The van der Waals surface area contributed by atoms with Crippen LogP contribution in [0.25, 0.3) is 0 Å². The lowest BCUT2D eigenvalue weighted by molar-refractivity contribution is -0.131. The van der Waals surface area contributed by atoms with Crippen molar-refractivity contribution in [3.05, 3.63) is 65.5 Å². The van der Waals surface area contributed by atoms with Crippen LogP contribution in [0.15, 0.2) is 53.7 Å². The summed E-state index contributed by atoms with van der Waals surface area (Å²) in [6, 6.07) is 14.1. The van der Waals surface area contributed by atoms with Crippen LogP contribution in [0.4, 0.5) is 0 Å². The van der Waals surface area contributed by atoms with Gasteiger partial charge in [-0.15, -0.1) is 0 Å². The first kappa shape index (κ1) is 17.9. The number of nitrogens with zero attached hydrogens (tertiary/aromatic N) is 3. The summed E-state index contributed by atoms with van der Waals surface area (Å²) in [7, 11) is 1.74. The van der Waals surface area contributed by atoms with Crippen LogP contribution < -0.4 is 10.6 Å². The van der Waals surface area contributed by atoms with Crippen LogP contribution in [0.2, 0.25) is 0 Å². The van der Waals surface area contributed by atoms with E-state index in [1.165, 1.54) is 11.1 Å². The number of guanidine groups is 1. The fourth-order valence-electron chi connectivity index (χ4n) is 3.01. The Morgan fingerprint density at radius 1 is 1.12 bits per heavy atom. The maximum Gasteiger partial charge on any atom is 0.223 e. The molecule has 0 spiro atoms. The van der Waals surface area contributed by atoms with Gasteiger partial charge in [0.2, 0.25) is 5.91 Å². The summed E-state index contributed by atoms with van der Waals surface area (Å²) in [5, 5.41) is 6.46. The summed E-state index contributed by atoms with van der Waals surface area (Å²) >= 11 is 0. The van der Waals surface area contributed by atoms with Crippen molar-refractivity contribution in [2.75, 3.05) is 13.6 Å². The average Bonchev–Trinajstić information content (AvgIpc) is 3.12. The number of nitrogens with one attached hydrogen (secondary N) is 2. The second-order valence-electron chi connectivity index (χ2n) is 6.30. The molecule has 3 rings (SSSR count). The predicted octanol–water partition coefficient (Wildman–Crippen LogP) is 2.07. The molecule has 6 nitrogen and oxygen atoms in total. The Morgan fingerprint density at radius 2 is 1.85 bits per heavy atom. The van der Waals surface area contributed by atoms with E-state index in [-0.39, 0.29) is 5.91 Å². The smallest absolute Gasteiger partial charge is 0.223 e. The number of aromatic nitrogens is 1. The second kappa shape index (κ2) is 8.99. The van der Waals surface area contributed by atoms with Crippen molar-refractivity contribution in [1.82, 2.24) is 20.5 Å². The average molecular weight is 351 g/mol. The van der Waals surface area contributed by atoms with E-state index in [2.05, 4.69) is 32.7 Å². The molecule has 1 aliphatic rings. The first-order chi connectivity index (χ1) is 12.8. The van der Waals surface area contributed by atoms with E-state index in [9.17, 15) is 4.79 Å². The van der Waals surface area contributed by atoms with Crippen molar-refractivity contribution in [3.8, 4) is 0 Å². The summed E-state index contributed by atoms with van der Waals surface area (Å²) in [5.74, 6) is 0.927. The van der Waals surface area contributed by atoms with Gasteiger partial charge in [-0.1, -0.05) is 30.3 Å². The zero-order chi connectivity index (χ0) is 18.2. The Balaban J connectivity index is 1.35. The Hall–Kier alpha value is -2.89. The number of hydrogen-bond donors (Lipinski definition) is 2. The summed E-state index contributed by atoms with van der Waals surface area (Å²) < 4.78 is 0. The first-order valence-electron chi connectivity index (χ1n) is 8.95. The van der Waals surface area contributed by atoms with Gasteiger partial charge in [0.15, 0.2) is 5.96 Å². The van der Waals surface area contributed by atoms with Crippen molar-refractivity contribution in [2.24, 2.45) is 4.99 Å². The molecule has 1 aromatic heterocycles. The summed E-state index contributed by atoms with van der Waals surface area (Å²) in [6.45, 7) is 2.78. The number of carbonyl (C=O) groups excluding carboxylic acids is 1. The zero-order valence-electron chi connectivity index (χ0n) is 15.1. The van der Waals surface area contributed by atoms with E-state index in [0.29, 0.717) is 19.5 Å². The highest BCUT2D eigenvalue weighted by Gasteiger charge is 2.22. The van der Waals surface area contributed by atoms with Gasteiger partial charge in [0.05, 0.1) is 12.2 Å². The minimum absolute atomic E-state index is 0.208. The second-order valence-corrected chi connectivity index (χ2v) is 6.30. The van der Waals surface area contributed by atoms with Crippen LogP contribution in [-0.4, -0.2) is 35.3 Å². The third kappa shape index (κ3) is 4.81. The first-order valence-corrected chi connectivity index (χ1v) is 8.95. The molecule has 0 saturated carbocycles. The van der Waals surface area contributed by atoms with E-state index >= 15 is 0 Å². The quantitative estimate of drug-likeness (QED) is 0.475. The van der Waals surface area contributed by atoms with Gasteiger partial charge in [-0.25, -0.2) is 0 Å². The van der Waals surface area contributed by atoms with Gasteiger partial charge in [0, 0.05) is 39.3 Å². The molecule has 0 unspecified atom stereocenters. The monoisotopic (exact) mass is 351 g/mol. The highest BCUT2D eigenvalue weighted by atomic mass is 16.2. The summed E-state index contributed by atoms with van der Waals surface area (Å²) in [6.07, 6.45) is 3.09. The lowest BCUT2D eigenvalue weighted by atomic mass is 10.1. The number of carbonyl (C=O) groups is 1. The number of benzene rings is 1. The molecule has 26 heavy (non-hydrogen) atoms. The van der Waals surface area contributed by atoms with Crippen molar-refractivity contribution >= 4 is 11.9 Å². The fraction of sp³-hybridized carbons (Fsp3) is 0.350. The minimum Gasteiger partial charge on any atom is -0.356 e. The highest BCUT2D eigenvalue weighted by Crippen LogP contribution is 2.22. The Bertz CT molecular complexity index is 735. The maximum atomic E-state index is 12.4. The van der Waals surface area contributed by atoms with Gasteiger partial charge in [-0.3, -0.25) is 14.8 Å². The van der Waals surface area contributed by atoms with Crippen LogP contribution in [-0.2, 0) is 24.4 Å². The van der Waals surface area contributed by atoms with Crippen LogP contribution in [0.1, 0.15) is 29.7 Å². The molecule has 0 atom stereocenters. The fourth-order valence-corrected chi connectivity index (χ4v) is 3.01. The molecule has 2 N–H and O–H groups in total. The van der Waals surface area contributed by atoms with Crippen LogP contribution >= 0.6 is 0 Å². The van der Waals surface area contributed by atoms with Gasteiger partial charge in [0.1, 0.15) is 0 Å². The number of pyridine rings is 1. The zero-order valence-corrected chi connectivity index (χ0v) is 15.1. The molecule has 0 bridgehead atoms. The minimum atomic E-state index is 0.208. The third-order valence-corrected chi connectivity index (χ3v) is 4.44. The van der Waals surface area contributed by atoms with Crippen LogP contribution in [0, 0.1) is 0 Å². The van der Waals surface area contributed by atoms with E-state index in [1.807, 2.05) is 35.2 Å². The van der Waals surface area contributed by atoms with Crippen LogP contribution in [0.5, 0.6) is 0 Å². The molecule has 2 aromatic rings. The lowest BCUT2D eigenvalue weighted by Crippen LogP contribution is -2.37. The molecular formula is C20H25N5O. The Kier molecular flexibility index (Phi) is 6.19. The van der Waals surface area contributed by atoms with Gasteiger partial charge in [0.25, 0.3) is 0 Å². The molecule has 0 aliphatic carbocycles. The van der Waals surface area contributed by atoms with Gasteiger partial charge < -0.3 is 15.5 Å². The molecule has 1 aliphatic heterocycles. The number of aliphatic imine (C=N–C) groups is 1. The van der Waals surface area contributed by atoms with E-state index in [1.54, 1.807) is 13.2 Å². The molecule has 1 aromatic carbocycles. The number of amides is 1. The standard InChI is InChI=1S/C20H25N5O/c1-21-20(24-13-18-9-4-5-11-22-18)23-12-6-10-19(26)25-14-16-7-2-3-8-17(16)15-25/h2-5,7-9,11H,6,10,12-15H2,1H3,(H2,21,23,24). The van der Waals surface area contributed by atoms with Gasteiger partial charge in [-0.05, 0) is 29.7 Å². The topological polar surface area (TPSA) is 69.6 Å². The Morgan fingerprint density at radius 3 is 2.50 bits per heavy atom. The van der Waals surface area contributed by atoms with Crippen molar-refractivity contribution in [3.63, 3.8) is 0 Å². The van der Waals surface area contributed by atoms with E-state index in [4.69, 9.17) is 0 Å². The molecular weight excluding hydrogens is 326 g/mol. The number of fused-ring (bicyclic) bond motifs is 1. The molecule has 6 heteroatoms. The molecule has 1 amide bonds. The van der Waals surface area contributed by atoms with Gasteiger partial charge in [-0.2, -0.15) is 0 Å². The molecule has 0 radical (unpaired) electrons. The molecule has 0 saturated heterocycles. The van der Waals surface area contributed by atoms with Crippen molar-refractivity contribution in [2.45, 2.75) is 32.5 Å². The summed E-state index contributed by atoms with van der Waals surface area (Å²) in [5.41, 5.74) is 3.48. The Labute approximate surface area is 154 Å². The third-order valence-electron chi connectivity index (χ3n) is 4.44. The van der Waals surface area contributed by atoms with E-state index < -0.39 is 0 Å². The van der Waals surface area contributed by atoms with Gasteiger partial charge >= 0.3 is 0 Å². The van der Waals surface area contributed by atoms with Crippen LogP contribution in [0.3, 0.4) is 0 Å². The van der Waals surface area contributed by atoms with Crippen molar-refractivity contribution in [1.29, 1.82) is 0 Å². The molecule has 2 heterocycles. The van der Waals surface area contributed by atoms with E-state index in [0.717, 1.165) is 31.2 Å². The largest absolute Gasteiger partial charge is 0.356 e. The lowest BCUT2D eigenvalue weighted by Gasteiger charge is -2.16. The summed E-state index contributed by atoms with van der Waals surface area (Å²) in [4.78, 5) is 22.8. The maximum absolute atomic E-state index is 12.4. The SMILES string of the molecule is CN=C(NCCCC(=O)N1Cc2ccccc2C1)NCc1ccccn1. The number of hydrogen-bond acceptors (Lipinski definition) is 3. The highest BCUT2D eigenvalue weighted by molar-refractivity contribution is 5.80. The number of rotatable bonds is 6. The predicted molar refractivity (Wildman–Crippen MR) is 102 cm³/mol.